The van der Waals surface area contributed by atoms with Gasteiger partial charge in [0.15, 0.2) is 56.4 Å². The second-order valence-corrected chi connectivity index (χ2v) is 23.0. The molecule has 0 aromatic rings. The first-order valence-electron chi connectivity index (χ1n) is 28.8. The van der Waals surface area contributed by atoms with Crippen molar-refractivity contribution in [3.63, 3.8) is 0 Å². The van der Waals surface area contributed by atoms with Crippen molar-refractivity contribution in [2.45, 2.75) is 266 Å². The highest BCUT2D eigenvalue weighted by atomic mass is 16.8. The van der Waals surface area contributed by atoms with Crippen molar-refractivity contribution in [1.82, 2.24) is 0 Å². The minimum atomic E-state index is -2.40. The molecule has 8 rings (SSSR count). The maximum atomic E-state index is 12.1. The van der Waals surface area contributed by atoms with Crippen LogP contribution < -0.4 is 0 Å². The fraction of sp³-hybridized carbons (Fsp3) is 0.980. The molecule has 0 spiro atoms. The van der Waals surface area contributed by atoms with Gasteiger partial charge in [0.05, 0.1) is 51.8 Å². The molecule has 0 bridgehead atoms. The molecule has 40 atom stereocenters. The van der Waals surface area contributed by atoms with E-state index in [1.807, 2.05) is 0 Å². The third-order valence-corrected chi connectivity index (χ3v) is 16.8. The van der Waals surface area contributed by atoms with Gasteiger partial charge in [0.1, 0.15) is 177 Å². The Morgan fingerprint density at radius 2 is 0.711 bits per heavy atom. The van der Waals surface area contributed by atoms with Gasteiger partial charge in [-0.1, -0.05) is 0 Å². The van der Waals surface area contributed by atoms with Crippen LogP contribution in [0.25, 0.3) is 0 Å². The number of esters is 1. The Kier molecular flexibility index (Phi) is 25.8. The molecule has 90 heavy (non-hydrogen) atoms. The van der Waals surface area contributed by atoms with Crippen LogP contribution in [0.2, 0.25) is 0 Å². The quantitative estimate of drug-likeness (QED) is 0.0448. The summed E-state index contributed by atoms with van der Waals surface area (Å²) in [5.41, 5.74) is 0. The normalized spacial score (nSPS) is 52.4. The average Bonchev–Trinajstić information content (AvgIpc) is 1.18. The predicted molar refractivity (Wildman–Crippen MR) is 271 cm³/mol. The zero-order chi connectivity index (χ0) is 66.2. The van der Waals surface area contributed by atoms with Gasteiger partial charge in [0, 0.05) is 6.92 Å². The first kappa shape index (κ1) is 73.8. The summed E-state index contributed by atoms with van der Waals surface area (Å²) in [6.07, 6.45) is -79.2. The summed E-state index contributed by atoms with van der Waals surface area (Å²) in [6, 6.07) is 0. The van der Waals surface area contributed by atoms with Crippen molar-refractivity contribution >= 4 is 5.97 Å². The van der Waals surface area contributed by atoms with E-state index in [9.17, 15) is 122 Å². The molecule has 0 aliphatic carbocycles. The van der Waals surface area contributed by atoms with E-state index in [2.05, 4.69) is 0 Å². The van der Waals surface area contributed by atoms with E-state index < -0.39 is 291 Å². The van der Waals surface area contributed by atoms with Gasteiger partial charge >= 0.3 is 5.97 Å². The molecular weight excluding hydrogens is 1240 g/mol. The maximum absolute atomic E-state index is 12.1. The van der Waals surface area contributed by atoms with Gasteiger partial charge in [0.25, 0.3) is 0 Å². The van der Waals surface area contributed by atoms with Crippen LogP contribution in [0.5, 0.6) is 0 Å². The number of aliphatic hydroxyl groups is 23. The molecular formula is C50H84O40. The lowest BCUT2D eigenvalue weighted by atomic mass is 9.95. The van der Waals surface area contributed by atoms with Gasteiger partial charge in [-0.25, -0.2) is 0 Å². The van der Waals surface area contributed by atoms with Crippen molar-refractivity contribution in [2.24, 2.45) is 0 Å². The van der Waals surface area contributed by atoms with Crippen molar-refractivity contribution in [3.8, 4) is 0 Å². The maximum Gasteiger partial charge on any atom is 0.303 e. The summed E-state index contributed by atoms with van der Waals surface area (Å²) in [5, 5.41) is 250. The molecule has 8 fully saturated rings. The number of aliphatic hydroxyl groups excluding tert-OH is 23. The zero-order valence-electron chi connectivity index (χ0n) is 48.1. The summed E-state index contributed by atoms with van der Waals surface area (Å²) in [4.78, 5) is 12.1. The average molecular weight is 1330 g/mol. The van der Waals surface area contributed by atoms with Crippen LogP contribution in [0.1, 0.15) is 20.8 Å². The van der Waals surface area contributed by atoms with Gasteiger partial charge in [-0.3, -0.25) is 4.79 Å². The lowest BCUT2D eigenvalue weighted by molar-refractivity contribution is -0.407. The highest BCUT2D eigenvalue weighted by Gasteiger charge is 2.60. The van der Waals surface area contributed by atoms with Crippen LogP contribution in [0.15, 0.2) is 0 Å². The van der Waals surface area contributed by atoms with Gasteiger partial charge in [-0.15, -0.1) is 0 Å². The molecule has 8 aliphatic rings. The first-order chi connectivity index (χ1) is 42.5. The number of rotatable bonds is 22. The molecule has 8 heterocycles. The Hall–Kier alpha value is -2.05. The van der Waals surface area contributed by atoms with E-state index in [4.69, 9.17) is 75.8 Å². The van der Waals surface area contributed by atoms with E-state index in [-0.39, 0.29) is 0 Å². The van der Waals surface area contributed by atoms with Crippen LogP contribution in [-0.2, 0) is 80.6 Å². The van der Waals surface area contributed by atoms with Gasteiger partial charge in [0.2, 0.25) is 0 Å². The van der Waals surface area contributed by atoms with Crippen molar-refractivity contribution in [1.29, 1.82) is 0 Å². The summed E-state index contributed by atoms with van der Waals surface area (Å²) in [5.74, 6) is -0.993. The molecule has 8 aliphatic heterocycles. The summed E-state index contributed by atoms with van der Waals surface area (Å²) < 4.78 is 91.3. The van der Waals surface area contributed by atoms with E-state index in [1.165, 1.54) is 13.8 Å². The molecule has 40 heteroatoms. The topological polar surface area (TPSA) is 630 Å². The Balaban J connectivity index is 1.06. The largest absolute Gasteiger partial charge is 0.454 e. The number of carbonyl (C=O) groups is 1. The number of ether oxygens (including phenoxy) is 16. The van der Waals surface area contributed by atoms with Gasteiger partial charge < -0.3 is 193 Å². The Labute approximate surface area is 509 Å². The van der Waals surface area contributed by atoms with Crippen LogP contribution >= 0.6 is 0 Å². The molecule has 23 N–H and O–H groups in total. The van der Waals surface area contributed by atoms with E-state index in [0.29, 0.717) is 0 Å². The van der Waals surface area contributed by atoms with Crippen molar-refractivity contribution < 1.29 is 198 Å². The lowest BCUT2D eigenvalue weighted by Crippen LogP contribution is -2.68. The number of carbonyl (C=O) groups excluding carboxylic acids is 1. The van der Waals surface area contributed by atoms with Crippen LogP contribution in [0, 0.1) is 0 Å². The lowest BCUT2D eigenvalue weighted by Gasteiger charge is -2.50. The van der Waals surface area contributed by atoms with Gasteiger partial charge in [-0.2, -0.15) is 0 Å². The second-order valence-electron chi connectivity index (χ2n) is 23.0. The third-order valence-electron chi connectivity index (χ3n) is 16.8. The van der Waals surface area contributed by atoms with E-state index in [0.717, 1.165) is 6.92 Å². The standard InChI is InChI=1S/C50H84O40/c1-10-19(58)27(66)40(49(77-10)90-41-28(67)22(61)15(6-53)82-50(41)88-37-23(62)16(7-54)79-43(74)31(37)70)89-45-32(71)36(20(59)11(2)76-45)85-47-34(73)39(25(64)18(83-47)9-75-48-42(78-12(3)56)30(69)35(84-48)13(57)4-51)87-46-33(72)38(24(63)17(8-55)81-46)86-44-29(68)26(65)21(60)14(5-52)80-44/h10-11,13-55,57-74H,4-9H2,1-3H3/t10-,11-,13+,14+,15+,16+,17+,18+,19-,20-,21-,22-,23-,24-,25-,26-,27+,28-,29+,30-,31+,32+,33+,34+,35-,36+,37-,38-,39-,40+,41+,42+,43+,44+,45-,46-,47+,48+,49-,50+/m0/s1. The molecule has 524 valence electrons. The minimum Gasteiger partial charge on any atom is -0.454 e. The number of hydrogen-bond donors (Lipinski definition) is 23. The number of hydrogen-bond acceptors (Lipinski definition) is 40. The molecule has 8 saturated heterocycles. The predicted octanol–water partition coefficient (Wildman–Crippen LogP) is -15.8. The SMILES string of the molecule is CC(=O)O[C@H]1[C@H](OC[C@H]2O[C@H](O[C@@H]3[C@@H](O)[C@H](C)O[C@@H](O[C@H]4[C@H](O[C@H]5[C@@H](O[C@@H]6[C@@H](O)[C@H](O)O[C@H](CO)[C@@H]6O)O[C@H](CO)[C@H](O)[C@@H]5O)O[C@@H](C)[C@H](O)[C@H]4O)[C@@H]3O)[C@H](O)[C@@H](O[C@@H]3O[C@H](CO)[C@H](O)[C@H](O[C@H]4O[C@H](CO)[C@H](O)[C@H](O)[C@H]4O)[C@H]3O)[C@H]2O)O[C@@H]([C@H](O)CO)[C@@H]1O. The molecule has 0 unspecified atom stereocenters. The Morgan fingerprint density at radius 1 is 0.344 bits per heavy atom. The van der Waals surface area contributed by atoms with Crippen molar-refractivity contribution in [3.05, 3.63) is 0 Å². The summed E-state index contributed by atoms with van der Waals surface area (Å²) in [7, 11) is 0. The highest BCUT2D eigenvalue weighted by molar-refractivity contribution is 5.66. The van der Waals surface area contributed by atoms with Crippen LogP contribution in [0.4, 0.5) is 0 Å². The fourth-order valence-electron chi connectivity index (χ4n) is 11.5. The smallest absolute Gasteiger partial charge is 0.303 e. The molecule has 0 aromatic carbocycles. The third kappa shape index (κ3) is 15.4. The van der Waals surface area contributed by atoms with Crippen LogP contribution in [-0.4, -0.2) is 409 Å². The van der Waals surface area contributed by atoms with E-state index in [1.54, 1.807) is 0 Å². The fourth-order valence-corrected chi connectivity index (χ4v) is 11.5. The zero-order valence-corrected chi connectivity index (χ0v) is 48.1. The van der Waals surface area contributed by atoms with Crippen LogP contribution in [0.3, 0.4) is 0 Å². The summed E-state index contributed by atoms with van der Waals surface area (Å²) in [6.45, 7) is -2.46. The first-order valence-corrected chi connectivity index (χ1v) is 28.8. The monoisotopic (exact) mass is 1320 g/mol. The molecule has 0 amide bonds. The molecule has 0 radical (unpaired) electrons. The molecule has 0 aromatic heterocycles. The van der Waals surface area contributed by atoms with Crippen molar-refractivity contribution in [2.75, 3.05) is 39.6 Å². The Morgan fingerprint density at radius 3 is 1.23 bits per heavy atom. The van der Waals surface area contributed by atoms with E-state index >= 15 is 0 Å². The minimum absolute atomic E-state index is 0.913. The molecule has 0 saturated carbocycles. The Bertz CT molecular complexity index is 2220. The molecule has 40 nitrogen and oxygen atoms in total. The summed E-state index contributed by atoms with van der Waals surface area (Å²) >= 11 is 0. The second kappa shape index (κ2) is 31.4. The highest BCUT2D eigenvalue weighted by Crippen LogP contribution is 2.39. The van der Waals surface area contributed by atoms with Gasteiger partial charge in [-0.05, 0) is 13.8 Å².